The molecule has 0 saturated heterocycles. The van der Waals surface area contributed by atoms with E-state index in [1.54, 1.807) is 0 Å². The summed E-state index contributed by atoms with van der Waals surface area (Å²) in [6.07, 6.45) is 1.05. The van der Waals surface area contributed by atoms with E-state index in [-0.39, 0.29) is 6.42 Å². The Kier molecular flexibility index (Phi) is 2.22. The third kappa shape index (κ3) is 1.72. The SMILES string of the molecule is O=C(O)Cc1ccc2c(c1)-c1ccccc1C2. The van der Waals surface area contributed by atoms with Gasteiger partial charge in [0, 0.05) is 0 Å². The Morgan fingerprint density at radius 2 is 1.82 bits per heavy atom. The fourth-order valence-corrected chi connectivity index (χ4v) is 2.46. The zero-order chi connectivity index (χ0) is 11.8. The van der Waals surface area contributed by atoms with Crippen LogP contribution in [0.5, 0.6) is 0 Å². The number of rotatable bonds is 2. The maximum absolute atomic E-state index is 10.7. The van der Waals surface area contributed by atoms with Crippen molar-refractivity contribution in [3.8, 4) is 11.1 Å². The minimum absolute atomic E-state index is 0.0927. The molecule has 1 aliphatic carbocycles. The van der Waals surface area contributed by atoms with Crippen LogP contribution in [0.25, 0.3) is 11.1 Å². The maximum atomic E-state index is 10.7. The van der Waals surface area contributed by atoms with Gasteiger partial charge in [0.2, 0.25) is 0 Å². The van der Waals surface area contributed by atoms with Gasteiger partial charge < -0.3 is 5.11 Å². The third-order valence-corrected chi connectivity index (χ3v) is 3.22. The predicted molar refractivity (Wildman–Crippen MR) is 66.0 cm³/mol. The number of fused-ring (bicyclic) bond motifs is 3. The van der Waals surface area contributed by atoms with Crippen molar-refractivity contribution in [3.63, 3.8) is 0 Å². The molecule has 2 nitrogen and oxygen atoms in total. The Morgan fingerprint density at radius 3 is 2.65 bits per heavy atom. The highest BCUT2D eigenvalue weighted by Gasteiger charge is 2.18. The van der Waals surface area contributed by atoms with Gasteiger partial charge in [0.15, 0.2) is 0 Å². The van der Waals surface area contributed by atoms with Crippen LogP contribution in [0.3, 0.4) is 0 Å². The Morgan fingerprint density at radius 1 is 1.06 bits per heavy atom. The van der Waals surface area contributed by atoms with Gasteiger partial charge in [-0.05, 0) is 34.2 Å². The van der Waals surface area contributed by atoms with Crippen molar-refractivity contribution < 1.29 is 9.90 Å². The number of hydrogen-bond acceptors (Lipinski definition) is 1. The number of hydrogen-bond donors (Lipinski definition) is 1. The first-order valence-electron chi connectivity index (χ1n) is 5.66. The summed E-state index contributed by atoms with van der Waals surface area (Å²) in [6.45, 7) is 0. The van der Waals surface area contributed by atoms with Crippen molar-refractivity contribution in [2.75, 3.05) is 0 Å². The lowest BCUT2D eigenvalue weighted by Gasteiger charge is -2.03. The third-order valence-electron chi connectivity index (χ3n) is 3.22. The molecule has 0 atom stereocenters. The topological polar surface area (TPSA) is 37.3 Å². The zero-order valence-electron chi connectivity index (χ0n) is 9.31. The second-order valence-electron chi connectivity index (χ2n) is 4.40. The minimum atomic E-state index is -0.781. The van der Waals surface area contributed by atoms with Crippen molar-refractivity contribution in [2.24, 2.45) is 0 Å². The first kappa shape index (κ1) is 10.1. The average Bonchev–Trinajstić information content (AvgIpc) is 2.66. The van der Waals surface area contributed by atoms with E-state index in [2.05, 4.69) is 12.1 Å². The van der Waals surface area contributed by atoms with Crippen molar-refractivity contribution >= 4 is 5.97 Å². The van der Waals surface area contributed by atoms with Gasteiger partial charge in [-0.25, -0.2) is 0 Å². The minimum Gasteiger partial charge on any atom is -0.481 e. The van der Waals surface area contributed by atoms with Gasteiger partial charge in [-0.3, -0.25) is 4.79 Å². The second-order valence-corrected chi connectivity index (χ2v) is 4.40. The van der Waals surface area contributed by atoms with E-state index in [1.165, 1.54) is 22.3 Å². The molecule has 0 aliphatic heterocycles. The standard InChI is InChI=1S/C15H12O2/c16-15(17)8-10-5-6-12-9-11-3-1-2-4-13(11)14(12)7-10/h1-7H,8-9H2,(H,16,17). The van der Waals surface area contributed by atoms with Gasteiger partial charge in [0.05, 0.1) is 6.42 Å². The molecular weight excluding hydrogens is 212 g/mol. The highest BCUT2D eigenvalue weighted by Crippen LogP contribution is 2.36. The van der Waals surface area contributed by atoms with Crippen molar-refractivity contribution in [2.45, 2.75) is 12.8 Å². The average molecular weight is 224 g/mol. The summed E-state index contributed by atoms with van der Waals surface area (Å²) >= 11 is 0. The van der Waals surface area contributed by atoms with Crippen molar-refractivity contribution in [3.05, 3.63) is 59.2 Å². The number of benzene rings is 2. The van der Waals surface area contributed by atoms with E-state index in [1.807, 2.05) is 30.3 Å². The molecular formula is C15H12O2. The smallest absolute Gasteiger partial charge is 0.307 e. The van der Waals surface area contributed by atoms with Crippen LogP contribution >= 0.6 is 0 Å². The van der Waals surface area contributed by atoms with Crippen LogP contribution < -0.4 is 0 Å². The fraction of sp³-hybridized carbons (Fsp3) is 0.133. The number of carboxylic acid groups (broad SMARTS) is 1. The molecule has 0 bridgehead atoms. The summed E-state index contributed by atoms with van der Waals surface area (Å²) in [4.78, 5) is 10.7. The van der Waals surface area contributed by atoms with Crippen LogP contribution in [-0.2, 0) is 17.6 Å². The van der Waals surface area contributed by atoms with Crippen LogP contribution in [0.2, 0.25) is 0 Å². The van der Waals surface area contributed by atoms with Crippen LogP contribution in [0, 0.1) is 0 Å². The molecule has 84 valence electrons. The van der Waals surface area contributed by atoms with Gasteiger partial charge in [-0.15, -0.1) is 0 Å². The molecule has 1 N–H and O–H groups in total. The lowest BCUT2D eigenvalue weighted by molar-refractivity contribution is -0.136. The highest BCUT2D eigenvalue weighted by molar-refractivity contribution is 5.78. The van der Waals surface area contributed by atoms with E-state index in [0.717, 1.165) is 12.0 Å². The zero-order valence-corrected chi connectivity index (χ0v) is 9.31. The summed E-state index contributed by atoms with van der Waals surface area (Å²) in [5.74, 6) is -0.781. The lowest BCUT2D eigenvalue weighted by Crippen LogP contribution is -2.00. The van der Waals surface area contributed by atoms with Crippen LogP contribution in [-0.4, -0.2) is 11.1 Å². The quantitative estimate of drug-likeness (QED) is 0.726. The summed E-state index contributed by atoms with van der Waals surface area (Å²) in [5.41, 5.74) is 5.93. The van der Waals surface area contributed by atoms with Gasteiger partial charge in [0.25, 0.3) is 0 Å². The molecule has 3 rings (SSSR count). The van der Waals surface area contributed by atoms with E-state index in [9.17, 15) is 4.79 Å². The first-order valence-corrected chi connectivity index (χ1v) is 5.66. The predicted octanol–water partition coefficient (Wildman–Crippen LogP) is 2.88. The molecule has 0 aromatic heterocycles. The lowest BCUT2D eigenvalue weighted by atomic mass is 10.0. The van der Waals surface area contributed by atoms with E-state index in [4.69, 9.17) is 5.11 Å². The monoisotopic (exact) mass is 224 g/mol. The summed E-state index contributed by atoms with van der Waals surface area (Å²) in [7, 11) is 0. The molecule has 0 amide bonds. The molecule has 2 aromatic carbocycles. The molecule has 0 radical (unpaired) electrons. The highest BCUT2D eigenvalue weighted by atomic mass is 16.4. The fourth-order valence-electron chi connectivity index (χ4n) is 2.46. The first-order chi connectivity index (χ1) is 8.24. The van der Waals surface area contributed by atoms with Crippen LogP contribution in [0.1, 0.15) is 16.7 Å². The second kappa shape index (κ2) is 3.74. The maximum Gasteiger partial charge on any atom is 0.307 e. The molecule has 17 heavy (non-hydrogen) atoms. The number of aliphatic carboxylic acids is 1. The number of carboxylic acids is 1. The van der Waals surface area contributed by atoms with Crippen LogP contribution in [0.4, 0.5) is 0 Å². The number of carbonyl (C=O) groups is 1. The van der Waals surface area contributed by atoms with E-state index < -0.39 is 5.97 Å². The Balaban J connectivity index is 2.08. The Hall–Kier alpha value is -2.09. The molecule has 0 fully saturated rings. The van der Waals surface area contributed by atoms with Gasteiger partial charge >= 0.3 is 5.97 Å². The Bertz CT molecular complexity index is 600. The molecule has 0 unspecified atom stereocenters. The largest absolute Gasteiger partial charge is 0.481 e. The van der Waals surface area contributed by atoms with Crippen molar-refractivity contribution in [1.82, 2.24) is 0 Å². The summed E-state index contributed by atoms with van der Waals surface area (Å²) in [5, 5.41) is 8.81. The molecule has 0 spiro atoms. The molecule has 2 heteroatoms. The van der Waals surface area contributed by atoms with Crippen molar-refractivity contribution in [1.29, 1.82) is 0 Å². The van der Waals surface area contributed by atoms with Crippen LogP contribution in [0.15, 0.2) is 42.5 Å². The normalized spacial score (nSPS) is 12.0. The van der Waals surface area contributed by atoms with Gasteiger partial charge in [-0.2, -0.15) is 0 Å². The summed E-state index contributed by atoms with van der Waals surface area (Å²) in [6, 6.07) is 14.3. The van der Waals surface area contributed by atoms with Gasteiger partial charge in [-0.1, -0.05) is 42.5 Å². The molecule has 0 heterocycles. The molecule has 2 aromatic rings. The van der Waals surface area contributed by atoms with E-state index >= 15 is 0 Å². The van der Waals surface area contributed by atoms with Gasteiger partial charge in [0.1, 0.15) is 0 Å². The molecule has 1 aliphatic rings. The Labute approximate surface area is 99.5 Å². The van der Waals surface area contributed by atoms with E-state index in [0.29, 0.717) is 0 Å². The summed E-state index contributed by atoms with van der Waals surface area (Å²) < 4.78 is 0. The molecule has 0 saturated carbocycles.